The van der Waals surface area contributed by atoms with Crippen molar-refractivity contribution >= 4 is 28.9 Å². The van der Waals surface area contributed by atoms with Gasteiger partial charge in [-0.1, -0.05) is 42.5 Å². The molecule has 3 aromatic carbocycles. The summed E-state index contributed by atoms with van der Waals surface area (Å²) >= 11 is 0. The van der Waals surface area contributed by atoms with Crippen LogP contribution in [0, 0.1) is 0 Å². The number of carbonyl (C=O) groups excluding carboxylic acids is 2. The highest BCUT2D eigenvalue weighted by atomic mass is 16.7. The molecule has 0 spiro atoms. The molecule has 0 fully saturated rings. The third-order valence-corrected chi connectivity index (χ3v) is 6.33. The first-order chi connectivity index (χ1) is 20.0. The van der Waals surface area contributed by atoms with E-state index < -0.39 is 24.1 Å². The second-order valence-corrected chi connectivity index (χ2v) is 9.10. The van der Waals surface area contributed by atoms with Crippen LogP contribution in [0.4, 0.5) is 0 Å². The number of carbonyl (C=O) groups is 2. The molecule has 6 rings (SSSR count). The summed E-state index contributed by atoms with van der Waals surface area (Å²) in [5.41, 5.74) is 2.55. The number of ether oxygens (including phenoxy) is 3. The van der Waals surface area contributed by atoms with Gasteiger partial charge in [0.25, 0.3) is 5.91 Å². The second kappa shape index (κ2) is 11.2. The SMILES string of the molecule is O=C(COC(=O)C=Cc1cn(-c2ccccc2)nc1-c1cc2ccccc2oc1=O)NCc1ccc2c(c1)OCO2. The van der Waals surface area contributed by atoms with E-state index in [9.17, 15) is 14.4 Å². The maximum absolute atomic E-state index is 12.9. The van der Waals surface area contributed by atoms with Crippen LogP contribution in [-0.4, -0.2) is 35.1 Å². The molecule has 0 radical (unpaired) electrons. The zero-order valence-corrected chi connectivity index (χ0v) is 21.6. The van der Waals surface area contributed by atoms with Crippen molar-refractivity contribution in [2.24, 2.45) is 0 Å². The van der Waals surface area contributed by atoms with Crippen LogP contribution in [0.2, 0.25) is 0 Å². The fraction of sp³-hybridized carbons (Fsp3) is 0.0968. The number of para-hydroxylation sites is 2. The normalized spacial score (nSPS) is 12.1. The molecule has 41 heavy (non-hydrogen) atoms. The molecule has 0 unspecified atom stereocenters. The van der Waals surface area contributed by atoms with Gasteiger partial charge in [0.05, 0.1) is 11.3 Å². The lowest BCUT2D eigenvalue weighted by Crippen LogP contribution is -2.28. The first-order valence-corrected chi connectivity index (χ1v) is 12.7. The highest BCUT2D eigenvalue weighted by molar-refractivity contribution is 5.91. The minimum atomic E-state index is -0.729. The highest BCUT2D eigenvalue weighted by Gasteiger charge is 2.17. The minimum absolute atomic E-state index is 0.165. The van der Waals surface area contributed by atoms with Crippen molar-refractivity contribution in [1.29, 1.82) is 0 Å². The van der Waals surface area contributed by atoms with Gasteiger partial charge in [0, 0.05) is 29.8 Å². The lowest BCUT2D eigenvalue weighted by atomic mass is 10.1. The zero-order chi connectivity index (χ0) is 28.2. The lowest BCUT2D eigenvalue weighted by Gasteiger charge is -2.06. The van der Waals surface area contributed by atoms with E-state index in [0.717, 1.165) is 16.6 Å². The van der Waals surface area contributed by atoms with Gasteiger partial charge in [0.15, 0.2) is 18.1 Å². The molecule has 1 aliphatic heterocycles. The van der Waals surface area contributed by atoms with E-state index in [4.69, 9.17) is 18.6 Å². The quantitative estimate of drug-likeness (QED) is 0.173. The minimum Gasteiger partial charge on any atom is -0.454 e. The van der Waals surface area contributed by atoms with E-state index in [0.29, 0.717) is 28.3 Å². The molecule has 0 aliphatic carbocycles. The molecule has 1 amide bonds. The molecule has 3 heterocycles. The van der Waals surface area contributed by atoms with E-state index in [1.54, 1.807) is 41.2 Å². The number of rotatable bonds is 8. The fourth-order valence-electron chi connectivity index (χ4n) is 4.30. The molecule has 204 valence electrons. The third kappa shape index (κ3) is 5.71. The highest BCUT2D eigenvalue weighted by Crippen LogP contribution is 2.32. The van der Waals surface area contributed by atoms with Gasteiger partial charge in [-0.15, -0.1) is 0 Å². The van der Waals surface area contributed by atoms with Crippen LogP contribution < -0.4 is 20.4 Å². The molecule has 0 saturated carbocycles. The molecular formula is C31H23N3O7. The predicted molar refractivity (Wildman–Crippen MR) is 149 cm³/mol. The monoisotopic (exact) mass is 549 g/mol. The van der Waals surface area contributed by atoms with Crippen molar-refractivity contribution in [2.45, 2.75) is 6.54 Å². The Balaban J connectivity index is 1.16. The number of aromatic nitrogens is 2. The van der Waals surface area contributed by atoms with E-state index in [2.05, 4.69) is 10.4 Å². The van der Waals surface area contributed by atoms with Crippen LogP contribution in [-0.2, 0) is 20.9 Å². The summed E-state index contributed by atoms with van der Waals surface area (Å²) in [4.78, 5) is 37.6. The van der Waals surface area contributed by atoms with Gasteiger partial charge < -0.3 is 23.9 Å². The van der Waals surface area contributed by atoms with Crippen molar-refractivity contribution in [3.8, 4) is 28.4 Å². The van der Waals surface area contributed by atoms with E-state index in [1.165, 1.54) is 12.2 Å². The van der Waals surface area contributed by atoms with Crippen molar-refractivity contribution in [3.63, 3.8) is 0 Å². The number of fused-ring (bicyclic) bond motifs is 2. The van der Waals surface area contributed by atoms with Gasteiger partial charge in [-0.25, -0.2) is 14.3 Å². The largest absolute Gasteiger partial charge is 0.454 e. The lowest BCUT2D eigenvalue weighted by molar-refractivity contribution is -0.143. The molecule has 1 N–H and O–H groups in total. The van der Waals surface area contributed by atoms with Crippen molar-refractivity contribution in [1.82, 2.24) is 15.1 Å². The molecule has 10 nitrogen and oxygen atoms in total. The Labute approximate surface area is 233 Å². The smallest absolute Gasteiger partial charge is 0.345 e. The Bertz CT molecular complexity index is 1840. The van der Waals surface area contributed by atoms with Crippen LogP contribution >= 0.6 is 0 Å². The topological polar surface area (TPSA) is 122 Å². The third-order valence-electron chi connectivity index (χ3n) is 6.33. The Morgan fingerprint density at radius 2 is 1.78 bits per heavy atom. The molecule has 0 bridgehead atoms. The number of esters is 1. The van der Waals surface area contributed by atoms with Crippen LogP contribution in [0.15, 0.2) is 100 Å². The predicted octanol–water partition coefficient (Wildman–Crippen LogP) is 4.25. The molecule has 2 aromatic heterocycles. The molecule has 0 atom stereocenters. The number of hydrogen-bond acceptors (Lipinski definition) is 8. The van der Waals surface area contributed by atoms with Crippen molar-refractivity contribution in [2.75, 3.05) is 13.4 Å². The number of hydrogen-bond donors (Lipinski definition) is 1. The summed E-state index contributed by atoms with van der Waals surface area (Å²) in [5.74, 6) is 0.0763. The maximum atomic E-state index is 12.9. The fourth-order valence-corrected chi connectivity index (χ4v) is 4.30. The van der Waals surface area contributed by atoms with Gasteiger partial charge in [0.2, 0.25) is 6.79 Å². The van der Waals surface area contributed by atoms with Crippen molar-refractivity contribution < 1.29 is 28.2 Å². The number of nitrogens with one attached hydrogen (secondary N) is 1. The molecule has 1 aliphatic rings. The molecule has 0 saturated heterocycles. The summed E-state index contributed by atoms with van der Waals surface area (Å²) in [6, 6.07) is 23.6. The zero-order valence-electron chi connectivity index (χ0n) is 21.6. The van der Waals surface area contributed by atoms with E-state index >= 15 is 0 Å². The van der Waals surface area contributed by atoms with Gasteiger partial charge in [0.1, 0.15) is 11.3 Å². The van der Waals surface area contributed by atoms with Gasteiger partial charge in [-0.2, -0.15) is 5.10 Å². The van der Waals surface area contributed by atoms with E-state index in [-0.39, 0.29) is 18.9 Å². The maximum Gasteiger partial charge on any atom is 0.345 e. The Morgan fingerprint density at radius 1 is 0.976 bits per heavy atom. The average Bonchev–Trinajstić information content (AvgIpc) is 3.65. The van der Waals surface area contributed by atoms with Crippen LogP contribution in [0.25, 0.3) is 34.0 Å². The molecular weight excluding hydrogens is 526 g/mol. The summed E-state index contributed by atoms with van der Waals surface area (Å²) < 4.78 is 22.8. The first-order valence-electron chi connectivity index (χ1n) is 12.7. The second-order valence-electron chi connectivity index (χ2n) is 9.10. The summed E-state index contributed by atoms with van der Waals surface area (Å²) in [6.07, 6.45) is 4.37. The van der Waals surface area contributed by atoms with E-state index in [1.807, 2.05) is 48.5 Å². The number of nitrogens with zero attached hydrogens (tertiary/aromatic N) is 2. The standard InChI is InChI=1S/C31H23N3O7/c35-28(32-16-20-10-12-26-27(14-20)40-19-39-26)18-38-29(36)13-11-22-17-34(23-7-2-1-3-8-23)33-30(22)24-15-21-6-4-5-9-25(21)41-31(24)37/h1-15,17H,16,18-19H2,(H,32,35). The first kappa shape index (κ1) is 25.6. The molecule has 5 aromatic rings. The number of amides is 1. The van der Waals surface area contributed by atoms with Crippen LogP contribution in [0.5, 0.6) is 11.5 Å². The van der Waals surface area contributed by atoms with Crippen molar-refractivity contribution in [3.05, 3.63) is 113 Å². The van der Waals surface area contributed by atoms with Crippen LogP contribution in [0.1, 0.15) is 11.1 Å². The van der Waals surface area contributed by atoms with Gasteiger partial charge in [-0.3, -0.25) is 4.79 Å². The summed E-state index contributed by atoms with van der Waals surface area (Å²) in [7, 11) is 0. The number of benzene rings is 3. The van der Waals surface area contributed by atoms with Gasteiger partial charge in [-0.05, 0) is 48.0 Å². The van der Waals surface area contributed by atoms with Gasteiger partial charge >= 0.3 is 11.6 Å². The average molecular weight is 550 g/mol. The Morgan fingerprint density at radius 3 is 2.66 bits per heavy atom. The Kier molecular flexibility index (Phi) is 7.02. The Hall–Kier alpha value is -5.64. The van der Waals surface area contributed by atoms with Crippen LogP contribution in [0.3, 0.4) is 0 Å². The molecule has 10 heteroatoms. The summed E-state index contributed by atoms with van der Waals surface area (Å²) in [5, 5.41) is 8.05. The summed E-state index contributed by atoms with van der Waals surface area (Å²) in [6.45, 7) is -0.0594.